The van der Waals surface area contributed by atoms with Gasteiger partial charge >= 0.3 is 0 Å². The number of nitrogens with zero attached hydrogens (tertiary/aromatic N) is 4. The van der Waals surface area contributed by atoms with Crippen molar-refractivity contribution in [1.82, 2.24) is 14.8 Å². The van der Waals surface area contributed by atoms with Crippen LogP contribution in [0.4, 0.5) is 11.5 Å². The number of hydrogen-bond acceptors (Lipinski definition) is 6. The molecule has 2 N–H and O–H groups in total. The molecular formula is C24H37N5O. The number of pyridine rings is 1. The van der Waals surface area contributed by atoms with Gasteiger partial charge in [0.2, 0.25) is 0 Å². The number of aryl methyl sites for hydroxylation is 2. The number of anilines is 1. The van der Waals surface area contributed by atoms with Crippen LogP contribution in [-0.4, -0.2) is 73.5 Å². The fourth-order valence-corrected chi connectivity index (χ4v) is 3.96. The zero-order valence-corrected chi connectivity index (χ0v) is 19.1. The van der Waals surface area contributed by atoms with E-state index in [1.54, 1.807) is 0 Å². The average Bonchev–Trinajstić information content (AvgIpc) is 2.74. The van der Waals surface area contributed by atoms with Gasteiger partial charge in [-0.2, -0.15) is 0 Å². The predicted octanol–water partition coefficient (Wildman–Crippen LogP) is 3.82. The maximum Gasteiger partial charge on any atom is 0.150 e. The number of hydrogen-bond donors (Lipinski definition) is 1. The summed E-state index contributed by atoms with van der Waals surface area (Å²) in [6.45, 7) is 13.3. The summed E-state index contributed by atoms with van der Waals surface area (Å²) in [4.78, 5) is 14.4. The summed E-state index contributed by atoms with van der Waals surface area (Å²) in [7, 11) is 2.20. The third-order valence-corrected chi connectivity index (χ3v) is 5.99. The second kappa shape index (κ2) is 10.8. The maximum absolute atomic E-state index is 6.31. The van der Waals surface area contributed by atoms with Gasteiger partial charge in [-0.3, -0.25) is 4.99 Å². The third kappa shape index (κ3) is 5.78. The normalized spacial score (nSPS) is 16.5. The quantitative estimate of drug-likeness (QED) is 0.635. The summed E-state index contributed by atoms with van der Waals surface area (Å²) >= 11 is 0. The standard InChI is InChI=1S/C24H37N5O/c1-5-20(17-30-6-2)26-23-18(3)21-10-9-19(16-22(21)27-24(23)25)8-7-11-29-14-12-28(4)13-15-29/h9-10,16H,5-8,11-15,17H2,1-4H3,(H2,25,27). The van der Waals surface area contributed by atoms with Crippen molar-refractivity contribution in [1.29, 1.82) is 0 Å². The first-order valence-electron chi connectivity index (χ1n) is 11.3. The molecule has 1 aromatic carbocycles. The molecule has 1 aromatic heterocycles. The number of ether oxygens (including phenoxy) is 1. The molecule has 0 saturated carbocycles. The summed E-state index contributed by atoms with van der Waals surface area (Å²) in [6, 6.07) is 6.60. The molecule has 0 atom stereocenters. The van der Waals surface area contributed by atoms with E-state index in [4.69, 9.17) is 15.5 Å². The highest BCUT2D eigenvalue weighted by Gasteiger charge is 2.14. The van der Waals surface area contributed by atoms with E-state index in [1.165, 1.54) is 38.2 Å². The Morgan fingerprint density at radius 1 is 1.20 bits per heavy atom. The molecule has 1 saturated heterocycles. The summed E-state index contributed by atoms with van der Waals surface area (Å²) in [5.74, 6) is 0.497. The lowest BCUT2D eigenvalue weighted by molar-refractivity contribution is 0.153. The molecule has 0 bridgehead atoms. The van der Waals surface area contributed by atoms with Crippen LogP contribution in [0.15, 0.2) is 23.2 Å². The minimum absolute atomic E-state index is 0.497. The van der Waals surface area contributed by atoms with E-state index in [-0.39, 0.29) is 0 Å². The fraction of sp³-hybridized carbons (Fsp3) is 0.583. The van der Waals surface area contributed by atoms with Crippen molar-refractivity contribution < 1.29 is 4.74 Å². The number of rotatable bonds is 9. The number of nitrogens with two attached hydrogens (primary N) is 1. The number of fused-ring (bicyclic) bond motifs is 1. The van der Waals surface area contributed by atoms with Gasteiger partial charge < -0.3 is 20.3 Å². The lowest BCUT2D eigenvalue weighted by atomic mass is 10.0. The van der Waals surface area contributed by atoms with Crippen LogP contribution in [0.25, 0.3) is 10.9 Å². The van der Waals surface area contributed by atoms with Crippen LogP contribution in [0.2, 0.25) is 0 Å². The van der Waals surface area contributed by atoms with Crippen LogP contribution >= 0.6 is 0 Å². The Balaban J connectivity index is 1.71. The first kappa shape index (κ1) is 22.7. The van der Waals surface area contributed by atoms with Gasteiger partial charge in [-0.1, -0.05) is 19.1 Å². The Bertz CT molecular complexity index is 872. The minimum Gasteiger partial charge on any atom is -0.382 e. The summed E-state index contributed by atoms with van der Waals surface area (Å²) < 4.78 is 5.53. The van der Waals surface area contributed by atoms with E-state index < -0.39 is 0 Å². The molecule has 164 valence electrons. The fourth-order valence-electron chi connectivity index (χ4n) is 3.96. The van der Waals surface area contributed by atoms with E-state index in [1.807, 2.05) is 6.92 Å². The van der Waals surface area contributed by atoms with Crippen LogP contribution in [0.1, 0.15) is 37.8 Å². The average molecular weight is 412 g/mol. The molecule has 3 rings (SSSR count). The molecule has 0 aliphatic carbocycles. The van der Waals surface area contributed by atoms with Gasteiger partial charge in [-0.25, -0.2) is 4.98 Å². The van der Waals surface area contributed by atoms with Crippen LogP contribution < -0.4 is 5.73 Å². The van der Waals surface area contributed by atoms with Gasteiger partial charge in [0.25, 0.3) is 0 Å². The van der Waals surface area contributed by atoms with Crippen molar-refractivity contribution in [2.75, 3.05) is 58.7 Å². The summed E-state index contributed by atoms with van der Waals surface area (Å²) in [5, 5.41) is 1.12. The second-order valence-electron chi connectivity index (χ2n) is 8.24. The first-order valence-corrected chi connectivity index (χ1v) is 11.3. The first-order chi connectivity index (χ1) is 14.5. The monoisotopic (exact) mass is 411 g/mol. The van der Waals surface area contributed by atoms with Gasteiger partial charge in [0, 0.05) is 43.9 Å². The van der Waals surface area contributed by atoms with E-state index in [2.05, 4.69) is 53.9 Å². The lowest BCUT2D eigenvalue weighted by Gasteiger charge is -2.32. The molecular weight excluding hydrogens is 374 g/mol. The van der Waals surface area contributed by atoms with Crippen molar-refractivity contribution in [3.05, 3.63) is 29.3 Å². The lowest BCUT2D eigenvalue weighted by Crippen LogP contribution is -2.44. The second-order valence-corrected chi connectivity index (χ2v) is 8.24. The van der Waals surface area contributed by atoms with Crippen molar-refractivity contribution in [3.8, 4) is 0 Å². The van der Waals surface area contributed by atoms with Crippen molar-refractivity contribution in [2.45, 2.75) is 40.0 Å². The highest BCUT2D eigenvalue weighted by molar-refractivity contribution is 5.94. The Morgan fingerprint density at radius 2 is 1.97 bits per heavy atom. The third-order valence-electron chi connectivity index (χ3n) is 5.99. The highest BCUT2D eigenvalue weighted by atomic mass is 16.5. The Morgan fingerprint density at radius 3 is 2.67 bits per heavy atom. The molecule has 0 spiro atoms. The molecule has 0 amide bonds. The Labute approximate surface area is 181 Å². The largest absolute Gasteiger partial charge is 0.382 e. The molecule has 6 nitrogen and oxygen atoms in total. The molecule has 1 aliphatic rings. The van der Waals surface area contributed by atoms with E-state index in [9.17, 15) is 0 Å². The topological polar surface area (TPSA) is 67.0 Å². The molecule has 1 fully saturated rings. The number of benzene rings is 1. The highest BCUT2D eigenvalue weighted by Crippen LogP contribution is 2.32. The van der Waals surface area contributed by atoms with Gasteiger partial charge in [-0.05, 0) is 63.9 Å². The zero-order chi connectivity index (χ0) is 21.5. The van der Waals surface area contributed by atoms with Gasteiger partial charge in [0.1, 0.15) is 11.5 Å². The van der Waals surface area contributed by atoms with Gasteiger partial charge in [0.15, 0.2) is 0 Å². The molecule has 0 radical (unpaired) electrons. The van der Waals surface area contributed by atoms with Crippen LogP contribution in [0.3, 0.4) is 0 Å². The van der Waals surface area contributed by atoms with E-state index >= 15 is 0 Å². The SMILES string of the molecule is CCOCC(CC)=Nc1c(N)nc2cc(CCCN3CCN(C)CC3)ccc2c1C. The minimum atomic E-state index is 0.497. The summed E-state index contributed by atoms with van der Waals surface area (Å²) in [5.41, 5.74) is 11.5. The van der Waals surface area contributed by atoms with E-state index in [0.29, 0.717) is 19.0 Å². The van der Waals surface area contributed by atoms with Gasteiger partial charge in [0.05, 0.1) is 12.1 Å². The maximum atomic E-state index is 6.31. The molecule has 30 heavy (non-hydrogen) atoms. The van der Waals surface area contributed by atoms with Crippen LogP contribution in [0.5, 0.6) is 0 Å². The Kier molecular flexibility index (Phi) is 8.19. The predicted molar refractivity (Wildman–Crippen MR) is 127 cm³/mol. The number of piperazine rings is 1. The molecule has 1 aliphatic heterocycles. The van der Waals surface area contributed by atoms with E-state index in [0.717, 1.165) is 47.3 Å². The Hall–Kier alpha value is -2.02. The van der Waals surface area contributed by atoms with Gasteiger partial charge in [-0.15, -0.1) is 0 Å². The summed E-state index contributed by atoms with van der Waals surface area (Å²) in [6.07, 6.45) is 3.07. The number of nitrogen functional groups attached to an aromatic ring is 1. The van der Waals surface area contributed by atoms with Crippen LogP contribution in [-0.2, 0) is 11.2 Å². The molecule has 2 heterocycles. The van der Waals surface area contributed by atoms with Crippen LogP contribution in [0, 0.1) is 6.92 Å². The zero-order valence-electron chi connectivity index (χ0n) is 19.1. The van der Waals surface area contributed by atoms with Crippen molar-refractivity contribution in [2.24, 2.45) is 4.99 Å². The van der Waals surface area contributed by atoms with Crippen molar-refractivity contribution >= 4 is 28.1 Å². The smallest absolute Gasteiger partial charge is 0.150 e. The molecule has 6 heteroatoms. The van der Waals surface area contributed by atoms with Crippen molar-refractivity contribution in [3.63, 3.8) is 0 Å². The molecule has 2 aromatic rings. The number of likely N-dealkylation sites (N-methyl/N-ethyl adjacent to an activating group) is 1. The number of aliphatic imine (C=N–C) groups is 1. The number of aromatic nitrogens is 1. The molecule has 0 unspecified atom stereocenters.